The van der Waals surface area contributed by atoms with Crippen LogP contribution >= 0.6 is 0 Å². The maximum Gasteiger partial charge on any atom is -0.00463 e. The van der Waals surface area contributed by atoms with Gasteiger partial charge in [-0.05, 0) is 37.8 Å². The van der Waals surface area contributed by atoms with Crippen LogP contribution in [-0.2, 0) is 0 Å². The van der Waals surface area contributed by atoms with Crippen LogP contribution in [0.25, 0.3) is 0 Å². The summed E-state index contributed by atoms with van der Waals surface area (Å²) in [6.07, 6.45) is 4.85. The first kappa shape index (κ1) is 11.9. The highest BCUT2D eigenvalue weighted by Gasteiger charge is 2.15. The minimum atomic E-state index is 0.710. The molecule has 12 heavy (non-hydrogen) atoms. The van der Waals surface area contributed by atoms with Crippen molar-refractivity contribution in [2.75, 3.05) is 13.1 Å². The number of nitrogens with two attached hydrogens (primary N) is 2. The van der Waals surface area contributed by atoms with E-state index < -0.39 is 0 Å². The largest absolute Gasteiger partial charge is 0.330 e. The topological polar surface area (TPSA) is 52.0 Å². The highest BCUT2D eigenvalue weighted by Crippen LogP contribution is 2.22. The van der Waals surface area contributed by atoms with E-state index in [0.717, 1.165) is 25.4 Å². The van der Waals surface area contributed by atoms with Crippen LogP contribution in [0, 0.1) is 11.8 Å². The maximum absolute atomic E-state index is 5.70. The molecule has 0 rings (SSSR count). The van der Waals surface area contributed by atoms with Crippen molar-refractivity contribution < 1.29 is 0 Å². The van der Waals surface area contributed by atoms with E-state index in [-0.39, 0.29) is 0 Å². The minimum absolute atomic E-state index is 0.710. The van der Waals surface area contributed by atoms with Gasteiger partial charge in [0.05, 0.1) is 0 Å². The molecule has 0 radical (unpaired) electrons. The van der Waals surface area contributed by atoms with Crippen LogP contribution in [0.15, 0.2) is 0 Å². The molecule has 74 valence electrons. The Morgan fingerprint density at radius 2 is 1.58 bits per heavy atom. The van der Waals surface area contributed by atoms with E-state index in [1.54, 1.807) is 0 Å². The van der Waals surface area contributed by atoms with Gasteiger partial charge in [0.25, 0.3) is 0 Å². The molecule has 0 aliphatic heterocycles. The minimum Gasteiger partial charge on any atom is -0.330 e. The summed E-state index contributed by atoms with van der Waals surface area (Å²) in [5.74, 6) is 1.50. The first-order chi connectivity index (χ1) is 5.79. The number of hydrogen-bond acceptors (Lipinski definition) is 2. The molecule has 0 fully saturated rings. The highest BCUT2D eigenvalue weighted by molar-refractivity contribution is 4.68. The number of rotatable bonds is 7. The lowest BCUT2D eigenvalue weighted by Gasteiger charge is -2.23. The second-order valence-electron chi connectivity index (χ2n) is 3.50. The smallest absolute Gasteiger partial charge is 0.00463 e. The van der Waals surface area contributed by atoms with Crippen molar-refractivity contribution in [3.8, 4) is 0 Å². The Bertz CT molecular complexity index is 89.8. The van der Waals surface area contributed by atoms with Crippen molar-refractivity contribution in [3.63, 3.8) is 0 Å². The van der Waals surface area contributed by atoms with Crippen LogP contribution < -0.4 is 11.5 Å². The Morgan fingerprint density at radius 3 is 1.92 bits per heavy atom. The summed E-state index contributed by atoms with van der Waals surface area (Å²) in [5, 5.41) is 0. The van der Waals surface area contributed by atoms with E-state index in [2.05, 4.69) is 13.8 Å². The predicted octanol–water partition coefficient (Wildman–Crippen LogP) is 1.74. The van der Waals surface area contributed by atoms with Crippen LogP contribution in [-0.4, -0.2) is 13.1 Å². The summed E-state index contributed by atoms with van der Waals surface area (Å²) < 4.78 is 0. The zero-order chi connectivity index (χ0) is 9.40. The van der Waals surface area contributed by atoms with E-state index >= 15 is 0 Å². The molecule has 2 unspecified atom stereocenters. The van der Waals surface area contributed by atoms with Gasteiger partial charge in [-0.25, -0.2) is 0 Å². The molecule has 0 aromatic heterocycles. The van der Waals surface area contributed by atoms with Crippen molar-refractivity contribution in [2.24, 2.45) is 23.3 Å². The average Bonchev–Trinajstić information content (AvgIpc) is 2.12. The fourth-order valence-electron chi connectivity index (χ4n) is 1.85. The summed E-state index contributed by atoms with van der Waals surface area (Å²) in [6.45, 7) is 6.12. The molecule has 0 heterocycles. The molecule has 0 aliphatic rings. The molecular weight excluding hydrogens is 148 g/mol. The third-order valence-electron chi connectivity index (χ3n) is 2.80. The van der Waals surface area contributed by atoms with Crippen molar-refractivity contribution in [1.82, 2.24) is 0 Å². The van der Waals surface area contributed by atoms with E-state index in [9.17, 15) is 0 Å². The van der Waals surface area contributed by atoms with Gasteiger partial charge in [0, 0.05) is 0 Å². The highest BCUT2D eigenvalue weighted by atomic mass is 14.6. The first-order valence-electron chi connectivity index (χ1n) is 5.20. The van der Waals surface area contributed by atoms with Gasteiger partial charge in [0.2, 0.25) is 0 Å². The van der Waals surface area contributed by atoms with Gasteiger partial charge < -0.3 is 11.5 Å². The fraction of sp³-hybridized carbons (Fsp3) is 1.00. The summed E-state index contributed by atoms with van der Waals surface area (Å²) in [5.41, 5.74) is 11.2. The second-order valence-corrected chi connectivity index (χ2v) is 3.50. The molecule has 0 saturated heterocycles. The van der Waals surface area contributed by atoms with Crippen molar-refractivity contribution in [1.29, 1.82) is 0 Å². The molecule has 0 saturated carbocycles. The fourth-order valence-corrected chi connectivity index (χ4v) is 1.85. The molecule has 0 amide bonds. The molecule has 0 bridgehead atoms. The molecule has 2 atom stereocenters. The number of hydrogen-bond donors (Lipinski definition) is 2. The predicted molar refractivity (Wildman–Crippen MR) is 54.9 cm³/mol. The lowest BCUT2D eigenvalue weighted by atomic mass is 9.84. The van der Waals surface area contributed by atoms with Gasteiger partial charge in [-0.3, -0.25) is 0 Å². The van der Waals surface area contributed by atoms with Gasteiger partial charge in [-0.2, -0.15) is 0 Å². The van der Waals surface area contributed by atoms with Gasteiger partial charge in [0.15, 0.2) is 0 Å². The summed E-state index contributed by atoms with van der Waals surface area (Å²) in [4.78, 5) is 0. The summed E-state index contributed by atoms with van der Waals surface area (Å²) >= 11 is 0. The van der Waals surface area contributed by atoms with E-state index in [1.165, 1.54) is 19.3 Å². The van der Waals surface area contributed by atoms with E-state index in [4.69, 9.17) is 11.5 Å². The SMILES string of the molecule is CCC(CN)C(CC)CCCN. The van der Waals surface area contributed by atoms with Crippen LogP contribution in [0.3, 0.4) is 0 Å². The molecule has 2 heteroatoms. The summed E-state index contributed by atoms with van der Waals surface area (Å²) in [7, 11) is 0. The molecule has 0 aromatic carbocycles. The van der Waals surface area contributed by atoms with Crippen LogP contribution in [0.2, 0.25) is 0 Å². The van der Waals surface area contributed by atoms with Gasteiger partial charge >= 0.3 is 0 Å². The third kappa shape index (κ3) is 4.07. The average molecular weight is 172 g/mol. The van der Waals surface area contributed by atoms with E-state index in [0.29, 0.717) is 5.92 Å². The van der Waals surface area contributed by atoms with Gasteiger partial charge in [-0.1, -0.05) is 26.7 Å². The molecule has 0 spiro atoms. The van der Waals surface area contributed by atoms with Crippen molar-refractivity contribution >= 4 is 0 Å². The monoisotopic (exact) mass is 172 g/mol. The lowest BCUT2D eigenvalue weighted by Crippen LogP contribution is -2.23. The lowest BCUT2D eigenvalue weighted by molar-refractivity contribution is 0.297. The molecule has 0 aliphatic carbocycles. The maximum atomic E-state index is 5.70. The molecule has 4 N–H and O–H groups in total. The van der Waals surface area contributed by atoms with Crippen LogP contribution in [0.4, 0.5) is 0 Å². The van der Waals surface area contributed by atoms with Crippen LogP contribution in [0.5, 0.6) is 0 Å². The first-order valence-corrected chi connectivity index (χ1v) is 5.20. The third-order valence-corrected chi connectivity index (χ3v) is 2.80. The molecule has 0 aromatic rings. The van der Waals surface area contributed by atoms with Gasteiger partial charge in [0.1, 0.15) is 0 Å². The Morgan fingerprint density at radius 1 is 1.00 bits per heavy atom. The molecule has 2 nitrogen and oxygen atoms in total. The standard InChI is InChI=1S/C10H24N2/c1-3-9(6-5-7-11)10(4-2)8-12/h9-10H,3-8,11-12H2,1-2H3. The Kier molecular flexibility index (Phi) is 7.51. The quantitative estimate of drug-likeness (QED) is 0.614. The Hall–Kier alpha value is -0.0800. The van der Waals surface area contributed by atoms with Crippen LogP contribution in [0.1, 0.15) is 39.5 Å². The second kappa shape index (κ2) is 7.56. The van der Waals surface area contributed by atoms with Gasteiger partial charge in [-0.15, -0.1) is 0 Å². The molecular formula is C10H24N2. The van der Waals surface area contributed by atoms with E-state index in [1.807, 2.05) is 0 Å². The van der Waals surface area contributed by atoms with Crippen molar-refractivity contribution in [3.05, 3.63) is 0 Å². The zero-order valence-electron chi connectivity index (χ0n) is 8.55. The van der Waals surface area contributed by atoms with Crippen molar-refractivity contribution in [2.45, 2.75) is 39.5 Å². The Balaban J connectivity index is 3.75. The normalized spacial score (nSPS) is 16.0. The zero-order valence-corrected chi connectivity index (χ0v) is 8.55. The summed E-state index contributed by atoms with van der Waals surface area (Å²) in [6, 6.07) is 0. The Labute approximate surface area is 76.7 Å².